The Labute approximate surface area is 188 Å². The van der Waals surface area contributed by atoms with Crippen LogP contribution in [-0.4, -0.2) is 62.2 Å². The Bertz CT molecular complexity index is 793. The number of imide groups is 2. The Kier molecular flexibility index (Phi) is 16.6. The number of anilines is 2. The second kappa shape index (κ2) is 18.0. The minimum absolute atomic E-state index is 0.198. The number of rotatable bonds is 4. The number of benzene rings is 1. The second-order valence-corrected chi connectivity index (χ2v) is 4.98. The van der Waals surface area contributed by atoms with Gasteiger partial charge in [-0.15, -0.1) is 0 Å². The van der Waals surface area contributed by atoms with E-state index in [1.807, 2.05) is 10.6 Å². The highest BCUT2D eigenvalue weighted by Crippen LogP contribution is 2.20. The lowest BCUT2D eigenvalue weighted by Crippen LogP contribution is -2.36. The van der Waals surface area contributed by atoms with Gasteiger partial charge in [-0.2, -0.15) is 0 Å². The molecule has 15 nitrogen and oxygen atoms in total. The van der Waals surface area contributed by atoms with Gasteiger partial charge in [0.1, 0.15) is 0 Å². The molecule has 1 rings (SSSR count). The van der Waals surface area contributed by atoms with Crippen molar-refractivity contribution in [3.05, 3.63) is 36.9 Å². The van der Waals surface area contributed by atoms with Crippen LogP contribution in [0.15, 0.2) is 36.9 Å². The molecule has 0 unspecified atom stereocenters. The number of nitrogens with two attached hydrogens (primary N) is 1. The molecule has 182 valence electrons. The third kappa shape index (κ3) is 17.7. The lowest BCUT2D eigenvalue weighted by atomic mass is 10.2. The van der Waals surface area contributed by atoms with Crippen molar-refractivity contribution >= 4 is 47.7 Å². The molecule has 1 aromatic carbocycles. The number of carboxylic acids is 1. The predicted molar refractivity (Wildman–Crippen MR) is 115 cm³/mol. The fourth-order valence-corrected chi connectivity index (χ4v) is 1.44. The number of hydrogen-bond donors (Lipinski definition) is 6. The fraction of sp³-hybridized carbons (Fsp3) is 0.222. The maximum absolute atomic E-state index is 11.5. The van der Waals surface area contributed by atoms with Crippen molar-refractivity contribution < 1.29 is 48.1 Å². The first-order chi connectivity index (χ1) is 15.5. The van der Waals surface area contributed by atoms with Crippen molar-refractivity contribution in [2.75, 3.05) is 31.5 Å². The van der Waals surface area contributed by atoms with Gasteiger partial charge in [-0.3, -0.25) is 0 Å². The van der Waals surface area contributed by atoms with Crippen LogP contribution in [0.2, 0.25) is 0 Å². The van der Waals surface area contributed by atoms with Crippen LogP contribution in [0.25, 0.3) is 0 Å². The average Bonchev–Trinajstić information content (AvgIpc) is 2.75. The smallest absolute Gasteiger partial charge is 0.415 e. The molecule has 0 aromatic heterocycles. The number of carboxylic acid groups (broad SMARTS) is 1. The molecule has 33 heavy (non-hydrogen) atoms. The average molecular weight is 471 g/mol. The number of urea groups is 2. The van der Waals surface area contributed by atoms with Crippen molar-refractivity contribution in [3.63, 3.8) is 0 Å². The summed E-state index contributed by atoms with van der Waals surface area (Å²) in [7, 11) is 2.21. The summed E-state index contributed by atoms with van der Waals surface area (Å²) in [4.78, 5) is 63.7. The van der Waals surface area contributed by atoms with Crippen LogP contribution in [0.3, 0.4) is 0 Å². The molecule has 0 heterocycles. The molecular formula is C18H25N5O10. The number of aliphatic carboxylic acids is 1. The van der Waals surface area contributed by atoms with E-state index in [-0.39, 0.29) is 11.4 Å². The first-order valence-electron chi connectivity index (χ1n) is 8.69. The van der Waals surface area contributed by atoms with E-state index in [9.17, 15) is 28.8 Å². The SMILES string of the molecule is C=CC(=O)O.CCOC(N)=O.COC(=O)NC(=O)Nc1ccccc1NC(=O)NC(=O)OC. The van der Waals surface area contributed by atoms with E-state index in [2.05, 4.69) is 37.2 Å². The van der Waals surface area contributed by atoms with E-state index in [0.29, 0.717) is 6.61 Å². The van der Waals surface area contributed by atoms with Gasteiger partial charge in [-0.25, -0.2) is 39.4 Å². The fourth-order valence-electron chi connectivity index (χ4n) is 1.44. The summed E-state index contributed by atoms with van der Waals surface area (Å²) >= 11 is 0. The summed E-state index contributed by atoms with van der Waals surface area (Å²) in [5.41, 5.74) is 4.94. The Balaban J connectivity index is 0. The minimum Gasteiger partial charge on any atom is -0.478 e. The molecule has 0 aliphatic carbocycles. The number of carbonyl (C=O) groups excluding carboxylic acids is 5. The predicted octanol–water partition coefficient (Wildman–Crippen LogP) is 1.82. The number of alkyl carbamates (subject to hydrolysis) is 2. The number of methoxy groups -OCH3 is 2. The lowest BCUT2D eigenvalue weighted by molar-refractivity contribution is -0.131. The highest BCUT2D eigenvalue weighted by molar-refractivity contribution is 6.04. The van der Waals surface area contributed by atoms with Crippen LogP contribution < -0.4 is 27.0 Å². The zero-order valence-corrected chi connectivity index (χ0v) is 18.0. The van der Waals surface area contributed by atoms with E-state index in [1.54, 1.807) is 19.1 Å². The van der Waals surface area contributed by atoms with E-state index in [4.69, 9.17) is 5.11 Å². The molecule has 0 saturated carbocycles. The molecule has 7 amide bonds. The highest BCUT2D eigenvalue weighted by Gasteiger charge is 2.13. The maximum Gasteiger partial charge on any atom is 0.415 e. The summed E-state index contributed by atoms with van der Waals surface area (Å²) in [5, 5.41) is 16.1. The standard InChI is InChI=1S/C12H14N4O6.C3H7NO2.C3H4O2/c1-21-11(19)15-9(17)13-7-5-3-4-6-8(7)14-10(18)16-12(20)22-2;1-2-6-3(4)5;1-2-3(4)5/h3-6H,1-2H3,(H2,13,15,17,19)(H2,14,16,18,20);2H2,1H3,(H2,4,5);2H,1H2,(H,4,5). The van der Waals surface area contributed by atoms with E-state index < -0.39 is 36.3 Å². The summed E-state index contributed by atoms with van der Waals surface area (Å²) < 4.78 is 12.7. The Hall–Kier alpha value is -4.82. The molecular weight excluding hydrogens is 446 g/mol. The number of carbonyl (C=O) groups is 6. The Morgan fingerprint density at radius 2 is 1.30 bits per heavy atom. The topological polar surface area (TPSA) is 224 Å². The molecule has 0 bridgehead atoms. The number of hydrogen-bond acceptors (Lipinski definition) is 9. The minimum atomic E-state index is -0.981. The van der Waals surface area contributed by atoms with Crippen molar-refractivity contribution in [3.8, 4) is 0 Å². The van der Waals surface area contributed by atoms with Gasteiger partial charge in [-0.1, -0.05) is 18.7 Å². The molecule has 0 saturated heterocycles. The first kappa shape index (κ1) is 30.4. The summed E-state index contributed by atoms with van der Waals surface area (Å²) in [6.07, 6.45) is -1.75. The molecule has 7 N–H and O–H groups in total. The van der Waals surface area contributed by atoms with Gasteiger partial charge < -0.3 is 35.7 Å². The summed E-state index contributed by atoms with van der Waals surface area (Å²) in [5.74, 6) is -0.981. The lowest BCUT2D eigenvalue weighted by Gasteiger charge is -2.12. The van der Waals surface area contributed by atoms with Crippen LogP contribution in [-0.2, 0) is 19.0 Å². The van der Waals surface area contributed by atoms with Gasteiger partial charge >= 0.3 is 36.3 Å². The van der Waals surface area contributed by atoms with Crippen LogP contribution >= 0.6 is 0 Å². The molecule has 0 spiro atoms. The van der Waals surface area contributed by atoms with Crippen molar-refractivity contribution in [1.82, 2.24) is 10.6 Å². The van der Waals surface area contributed by atoms with Gasteiger partial charge in [0.25, 0.3) is 0 Å². The molecule has 15 heteroatoms. The normalized spacial score (nSPS) is 8.45. The van der Waals surface area contributed by atoms with Gasteiger partial charge in [0.05, 0.1) is 32.2 Å². The zero-order chi connectivity index (χ0) is 25.8. The third-order valence-electron chi connectivity index (χ3n) is 2.69. The van der Waals surface area contributed by atoms with Gasteiger partial charge in [0, 0.05) is 6.08 Å². The molecule has 0 aliphatic heterocycles. The molecule has 0 aliphatic rings. The van der Waals surface area contributed by atoms with Crippen molar-refractivity contribution in [2.45, 2.75) is 6.92 Å². The monoisotopic (exact) mass is 471 g/mol. The quantitative estimate of drug-likeness (QED) is 0.276. The van der Waals surface area contributed by atoms with Crippen molar-refractivity contribution in [1.29, 1.82) is 0 Å². The molecule has 0 radical (unpaired) electrons. The number of primary amides is 1. The zero-order valence-electron chi connectivity index (χ0n) is 18.0. The Morgan fingerprint density at radius 1 is 0.939 bits per heavy atom. The number of amides is 7. The van der Waals surface area contributed by atoms with Crippen LogP contribution in [0.4, 0.5) is 35.3 Å². The summed E-state index contributed by atoms with van der Waals surface area (Å²) in [6.45, 7) is 5.02. The van der Waals surface area contributed by atoms with Crippen molar-refractivity contribution in [2.24, 2.45) is 5.73 Å². The number of ether oxygens (including phenoxy) is 3. The second-order valence-electron chi connectivity index (χ2n) is 4.98. The van der Waals surface area contributed by atoms with Crippen LogP contribution in [0.5, 0.6) is 0 Å². The molecule has 1 aromatic rings. The Morgan fingerprint density at radius 3 is 1.52 bits per heavy atom. The largest absolute Gasteiger partial charge is 0.478 e. The molecule has 0 atom stereocenters. The highest BCUT2D eigenvalue weighted by atomic mass is 16.5. The summed E-state index contributed by atoms with van der Waals surface area (Å²) in [6, 6.07) is 4.44. The number of nitrogens with one attached hydrogen (secondary N) is 4. The maximum atomic E-state index is 11.5. The van der Waals surface area contributed by atoms with E-state index in [1.165, 1.54) is 12.1 Å². The third-order valence-corrected chi connectivity index (χ3v) is 2.69. The number of para-hydroxylation sites is 2. The van der Waals surface area contributed by atoms with Gasteiger partial charge in [0.15, 0.2) is 0 Å². The first-order valence-corrected chi connectivity index (χ1v) is 8.69. The van der Waals surface area contributed by atoms with Gasteiger partial charge in [0.2, 0.25) is 0 Å². The molecule has 0 fully saturated rings. The van der Waals surface area contributed by atoms with E-state index >= 15 is 0 Å². The van der Waals surface area contributed by atoms with E-state index in [0.717, 1.165) is 20.3 Å². The van der Waals surface area contributed by atoms with Gasteiger partial charge in [-0.05, 0) is 19.1 Å². The van der Waals surface area contributed by atoms with Crippen LogP contribution in [0, 0.1) is 0 Å². The van der Waals surface area contributed by atoms with Crippen LogP contribution in [0.1, 0.15) is 6.92 Å².